The Kier molecular flexibility index (Phi) is 5.30. The van der Waals surface area contributed by atoms with Crippen LogP contribution in [0.3, 0.4) is 0 Å². The van der Waals surface area contributed by atoms with Gasteiger partial charge in [-0.05, 0) is 42.0 Å². The number of nitrogens with zero attached hydrogens (tertiary/aromatic N) is 1. The van der Waals surface area contributed by atoms with Crippen LogP contribution < -0.4 is 4.74 Å². The van der Waals surface area contributed by atoms with Crippen molar-refractivity contribution >= 4 is 31.5 Å². The van der Waals surface area contributed by atoms with Crippen LogP contribution in [0.1, 0.15) is 5.56 Å². The van der Waals surface area contributed by atoms with Crippen molar-refractivity contribution in [1.82, 2.24) is 4.31 Å². The standard InChI is InChI=1S/C17H18ClNO5S2/c1-24-15-5-7-16(8-6-15)26(22,23)17-10-19(11-17)25(20,21)12-13-3-2-4-14(18)9-13/h2-9,17H,10-12H2,1H3. The van der Waals surface area contributed by atoms with Crippen LogP contribution in [0.25, 0.3) is 0 Å². The predicted octanol–water partition coefficient (Wildman–Crippen LogP) is 2.34. The normalized spacial score (nSPS) is 16.2. The molecule has 0 N–H and O–H groups in total. The zero-order chi connectivity index (χ0) is 18.9. The molecule has 9 heteroatoms. The summed E-state index contributed by atoms with van der Waals surface area (Å²) < 4.78 is 56.3. The van der Waals surface area contributed by atoms with Gasteiger partial charge in [0.1, 0.15) is 5.75 Å². The molecule has 6 nitrogen and oxygen atoms in total. The molecule has 26 heavy (non-hydrogen) atoms. The Labute approximate surface area is 158 Å². The second kappa shape index (κ2) is 7.19. The summed E-state index contributed by atoms with van der Waals surface area (Å²) in [6.07, 6.45) is 0. The van der Waals surface area contributed by atoms with Crippen molar-refractivity contribution in [3.8, 4) is 5.75 Å². The number of hydrogen-bond acceptors (Lipinski definition) is 5. The van der Waals surface area contributed by atoms with Crippen molar-refractivity contribution in [2.24, 2.45) is 0 Å². The third kappa shape index (κ3) is 3.88. The highest BCUT2D eigenvalue weighted by molar-refractivity contribution is 7.92. The number of rotatable bonds is 6. The molecule has 1 heterocycles. The molecule has 1 fully saturated rings. The molecule has 0 bridgehead atoms. The molecule has 3 rings (SSSR count). The van der Waals surface area contributed by atoms with E-state index in [0.717, 1.165) is 0 Å². The lowest BCUT2D eigenvalue weighted by molar-refractivity contribution is 0.309. The highest BCUT2D eigenvalue weighted by atomic mass is 35.5. The van der Waals surface area contributed by atoms with Crippen LogP contribution in [0, 0.1) is 0 Å². The first-order valence-electron chi connectivity index (χ1n) is 7.82. The minimum Gasteiger partial charge on any atom is -0.497 e. The minimum absolute atomic E-state index is 0.0444. The van der Waals surface area contributed by atoms with Gasteiger partial charge in [-0.2, -0.15) is 4.31 Å². The largest absolute Gasteiger partial charge is 0.497 e. The first-order chi connectivity index (χ1) is 12.2. The van der Waals surface area contributed by atoms with Crippen molar-refractivity contribution in [1.29, 1.82) is 0 Å². The van der Waals surface area contributed by atoms with Crippen molar-refractivity contribution in [2.45, 2.75) is 15.9 Å². The molecule has 0 aromatic heterocycles. The maximum atomic E-state index is 12.6. The summed E-state index contributed by atoms with van der Waals surface area (Å²) in [5.74, 6) is 0.353. The molecule has 0 unspecified atom stereocenters. The molecule has 0 spiro atoms. The van der Waals surface area contributed by atoms with Gasteiger partial charge in [-0.1, -0.05) is 23.7 Å². The highest BCUT2D eigenvalue weighted by Crippen LogP contribution is 2.28. The number of methoxy groups -OCH3 is 1. The first kappa shape index (κ1) is 19.2. The summed E-state index contributed by atoms with van der Waals surface area (Å²) in [6, 6.07) is 12.7. The van der Waals surface area contributed by atoms with Gasteiger partial charge in [-0.25, -0.2) is 16.8 Å². The Bertz CT molecular complexity index is 998. The fourth-order valence-corrected chi connectivity index (χ4v) is 6.36. The van der Waals surface area contributed by atoms with Crippen LogP contribution >= 0.6 is 11.6 Å². The van der Waals surface area contributed by atoms with Crippen molar-refractivity contribution in [2.75, 3.05) is 20.2 Å². The SMILES string of the molecule is COc1ccc(S(=O)(=O)C2CN(S(=O)(=O)Cc3cccc(Cl)c3)C2)cc1. The van der Waals surface area contributed by atoms with Gasteiger partial charge in [0, 0.05) is 18.1 Å². The van der Waals surface area contributed by atoms with E-state index in [9.17, 15) is 16.8 Å². The lowest BCUT2D eigenvalue weighted by atomic mass is 10.2. The molecule has 1 saturated heterocycles. The van der Waals surface area contributed by atoms with Crippen molar-refractivity contribution in [3.05, 3.63) is 59.1 Å². The van der Waals surface area contributed by atoms with Crippen molar-refractivity contribution in [3.63, 3.8) is 0 Å². The third-order valence-electron chi connectivity index (χ3n) is 4.27. The maximum absolute atomic E-state index is 12.6. The lowest BCUT2D eigenvalue weighted by Crippen LogP contribution is -2.56. The summed E-state index contributed by atoms with van der Waals surface area (Å²) >= 11 is 5.88. The summed E-state index contributed by atoms with van der Waals surface area (Å²) in [4.78, 5) is 0.162. The Morgan fingerprint density at radius 3 is 2.31 bits per heavy atom. The molecule has 2 aromatic carbocycles. The molecule has 0 amide bonds. The van der Waals surface area contributed by atoms with Gasteiger partial charge in [-0.3, -0.25) is 0 Å². The smallest absolute Gasteiger partial charge is 0.218 e. The second-order valence-corrected chi connectivity index (χ2v) is 10.7. The zero-order valence-electron chi connectivity index (χ0n) is 14.0. The Morgan fingerprint density at radius 1 is 1.08 bits per heavy atom. The van der Waals surface area contributed by atoms with Crippen LogP contribution in [-0.4, -0.2) is 46.6 Å². The molecule has 2 aromatic rings. The summed E-state index contributed by atoms with van der Waals surface area (Å²) in [7, 11) is -5.67. The topological polar surface area (TPSA) is 80.8 Å². The highest BCUT2D eigenvalue weighted by Gasteiger charge is 2.43. The quantitative estimate of drug-likeness (QED) is 0.723. The van der Waals surface area contributed by atoms with Crippen LogP contribution in [0.5, 0.6) is 5.75 Å². The van der Waals surface area contributed by atoms with E-state index in [2.05, 4.69) is 0 Å². The predicted molar refractivity (Wildman–Crippen MR) is 99.6 cm³/mol. The van der Waals surface area contributed by atoms with E-state index in [1.807, 2.05) is 0 Å². The molecule has 140 valence electrons. The van der Waals surface area contributed by atoms with E-state index in [4.69, 9.17) is 16.3 Å². The fraction of sp³-hybridized carbons (Fsp3) is 0.294. The number of hydrogen-bond donors (Lipinski definition) is 0. The van der Waals surface area contributed by atoms with Crippen molar-refractivity contribution < 1.29 is 21.6 Å². The second-order valence-electron chi connectivity index (χ2n) is 6.05. The van der Waals surface area contributed by atoms with Crippen LogP contribution in [0.15, 0.2) is 53.4 Å². The number of sulfonamides is 1. The van der Waals surface area contributed by atoms with E-state index in [-0.39, 0.29) is 23.7 Å². The monoisotopic (exact) mass is 415 g/mol. The van der Waals surface area contributed by atoms with Gasteiger partial charge in [0.2, 0.25) is 10.0 Å². The van der Waals surface area contributed by atoms with Gasteiger partial charge in [-0.15, -0.1) is 0 Å². The average molecular weight is 416 g/mol. The van der Waals surface area contributed by atoms with E-state index in [0.29, 0.717) is 16.3 Å². The summed E-state index contributed by atoms with van der Waals surface area (Å²) in [5.41, 5.74) is 0.568. The molecule has 1 aliphatic heterocycles. The van der Waals surface area contributed by atoms with E-state index in [1.165, 1.54) is 23.5 Å². The van der Waals surface area contributed by atoms with Crippen LogP contribution in [-0.2, 0) is 25.6 Å². The zero-order valence-corrected chi connectivity index (χ0v) is 16.4. The number of benzene rings is 2. The number of ether oxygens (including phenoxy) is 1. The molecule has 1 aliphatic rings. The average Bonchev–Trinajstić information content (AvgIpc) is 2.52. The fourth-order valence-electron chi connectivity index (χ4n) is 2.71. The maximum Gasteiger partial charge on any atom is 0.218 e. The Balaban J connectivity index is 1.68. The Morgan fingerprint density at radius 2 is 1.73 bits per heavy atom. The minimum atomic E-state index is -3.59. The molecule has 0 radical (unpaired) electrons. The van der Waals surface area contributed by atoms with E-state index < -0.39 is 25.1 Å². The van der Waals surface area contributed by atoms with E-state index in [1.54, 1.807) is 36.4 Å². The van der Waals surface area contributed by atoms with Crippen LogP contribution in [0.2, 0.25) is 5.02 Å². The summed E-state index contributed by atoms with van der Waals surface area (Å²) in [6.45, 7) is -0.0888. The molecule has 0 saturated carbocycles. The molecular weight excluding hydrogens is 398 g/mol. The number of halogens is 1. The van der Waals surface area contributed by atoms with E-state index >= 15 is 0 Å². The first-order valence-corrected chi connectivity index (χ1v) is 11.4. The molecular formula is C17H18ClNO5S2. The van der Waals surface area contributed by atoms with Gasteiger partial charge >= 0.3 is 0 Å². The van der Waals surface area contributed by atoms with Crippen LogP contribution in [0.4, 0.5) is 0 Å². The van der Waals surface area contributed by atoms with Gasteiger partial charge in [0.05, 0.1) is 23.0 Å². The number of sulfone groups is 1. The lowest BCUT2D eigenvalue weighted by Gasteiger charge is -2.37. The van der Waals surface area contributed by atoms with Gasteiger partial charge < -0.3 is 4.74 Å². The third-order valence-corrected chi connectivity index (χ3v) is 8.40. The Hall–Kier alpha value is -1.61. The molecule has 0 atom stereocenters. The van der Waals surface area contributed by atoms with Gasteiger partial charge in [0.15, 0.2) is 9.84 Å². The molecule has 0 aliphatic carbocycles. The summed E-state index contributed by atoms with van der Waals surface area (Å²) in [5, 5.41) is -0.286. The van der Waals surface area contributed by atoms with Gasteiger partial charge in [0.25, 0.3) is 0 Å².